The van der Waals surface area contributed by atoms with Crippen LogP contribution >= 0.6 is 0 Å². The van der Waals surface area contributed by atoms with E-state index in [1.54, 1.807) is 6.07 Å². The monoisotopic (exact) mass is 283 g/mol. The maximum Gasteiger partial charge on any atom is 0.320 e. The van der Waals surface area contributed by atoms with Crippen LogP contribution in [0.2, 0.25) is 0 Å². The molecule has 2 aromatic carbocycles. The van der Waals surface area contributed by atoms with Crippen molar-refractivity contribution in [2.24, 2.45) is 5.73 Å². The van der Waals surface area contributed by atoms with E-state index in [1.165, 1.54) is 6.92 Å². The van der Waals surface area contributed by atoms with Crippen LogP contribution < -0.4 is 5.73 Å². The van der Waals surface area contributed by atoms with Crippen LogP contribution in [0.15, 0.2) is 48.5 Å². The lowest BCUT2D eigenvalue weighted by Crippen LogP contribution is -2.32. The number of ketones is 1. The summed E-state index contributed by atoms with van der Waals surface area (Å²) in [5.41, 5.74) is 8.99. The van der Waals surface area contributed by atoms with Gasteiger partial charge in [0.25, 0.3) is 0 Å². The molecule has 0 amide bonds. The maximum absolute atomic E-state index is 11.4. The van der Waals surface area contributed by atoms with Gasteiger partial charge in [0.2, 0.25) is 0 Å². The molecule has 2 aromatic rings. The summed E-state index contributed by atoms with van der Waals surface area (Å²) in [6.45, 7) is 1.54. The molecule has 0 aliphatic carbocycles. The molecule has 0 spiro atoms. The summed E-state index contributed by atoms with van der Waals surface area (Å²) in [6, 6.07) is 14.1. The lowest BCUT2D eigenvalue weighted by molar-refractivity contribution is -0.138. The zero-order valence-corrected chi connectivity index (χ0v) is 11.7. The third-order valence-corrected chi connectivity index (χ3v) is 3.33. The molecule has 0 aliphatic rings. The number of aliphatic carboxylic acids is 1. The summed E-state index contributed by atoms with van der Waals surface area (Å²) < 4.78 is 0. The molecule has 0 bridgehead atoms. The van der Waals surface area contributed by atoms with Crippen LogP contribution in [0, 0.1) is 0 Å². The van der Waals surface area contributed by atoms with Gasteiger partial charge >= 0.3 is 5.97 Å². The predicted octanol–water partition coefficient (Wildman–Crippen LogP) is 2.51. The molecule has 2 rings (SSSR count). The molecule has 0 aromatic heterocycles. The first kappa shape index (κ1) is 14.9. The molecular weight excluding hydrogens is 266 g/mol. The van der Waals surface area contributed by atoms with E-state index < -0.39 is 12.0 Å². The Balaban J connectivity index is 2.21. The number of benzene rings is 2. The molecule has 0 heterocycles. The number of carboxylic acid groups (broad SMARTS) is 1. The Labute approximate surface area is 123 Å². The molecule has 4 nitrogen and oxygen atoms in total. The normalized spacial score (nSPS) is 11.9. The second-order valence-electron chi connectivity index (χ2n) is 4.98. The second-order valence-corrected chi connectivity index (χ2v) is 4.98. The van der Waals surface area contributed by atoms with E-state index in [1.807, 2.05) is 42.5 Å². The fraction of sp³-hybridized carbons (Fsp3) is 0.176. The zero-order valence-electron chi connectivity index (χ0n) is 11.7. The summed E-state index contributed by atoms with van der Waals surface area (Å²) in [7, 11) is 0. The summed E-state index contributed by atoms with van der Waals surface area (Å²) in [6.07, 6.45) is 0.295. The van der Waals surface area contributed by atoms with Crippen molar-refractivity contribution in [2.45, 2.75) is 19.4 Å². The van der Waals surface area contributed by atoms with Gasteiger partial charge in [-0.05, 0) is 36.1 Å². The van der Waals surface area contributed by atoms with Gasteiger partial charge in [0, 0.05) is 5.56 Å². The van der Waals surface area contributed by atoms with Crippen LogP contribution in [0.25, 0.3) is 11.1 Å². The van der Waals surface area contributed by atoms with Crippen LogP contribution in [0.5, 0.6) is 0 Å². The third-order valence-electron chi connectivity index (χ3n) is 3.33. The summed E-state index contributed by atoms with van der Waals surface area (Å²) >= 11 is 0. The lowest BCUT2D eigenvalue weighted by Gasteiger charge is -2.08. The molecule has 0 unspecified atom stereocenters. The number of rotatable bonds is 5. The fourth-order valence-corrected chi connectivity index (χ4v) is 2.09. The Bertz CT molecular complexity index is 662. The van der Waals surface area contributed by atoms with Gasteiger partial charge in [-0.3, -0.25) is 9.59 Å². The molecule has 0 fully saturated rings. The smallest absolute Gasteiger partial charge is 0.320 e. The highest BCUT2D eigenvalue weighted by Gasteiger charge is 2.12. The van der Waals surface area contributed by atoms with Crippen LogP contribution in [-0.2, 0) is 11.2 Å². The van der Waals surface area contributed by atoms with Gasteiger partial charge in [0.05, 0.1) is 0 Å². The Hall–Kier alpha value is -2.46. The number of hydrogen-bond acceptors (Lipinski definition) is 3. The molecule has 108 valence electrons. The van der Waals surface area contributed by atoms with Crippen molar-refractivity contribution >= 4 is 11.8 Å². The number of carbonyl (C=O) groups excluding carboxylic acids is 1. The first-order valence-electron chi connectivity index (χ1n) is 6.66. The molecule has 4 heteroatoms. The first-order chi connectivity index (χ1) is 9.97. The predicted molar refractivity (Wildman–Crippen MR) is 81.2 cm³/mol. The minimum absolute atomic E-state index is 0.0286. The maximum atomic E-state index is 11.4. The Morgan fingerprint density at radius 3 is 2.33 bits per heavy atom. The van der Waals surface area contributed by atoms with Crippen molar-refractivity contribution in [3.8, 4) is 11.1 Å². The van der Waals surface area contributed by atoms with Crippen molar-refractivity contribution in [1.82, 2.24) is 0 Å². The van der Waals surface area contributed by atoms with Crippen LogP contribution in [0.3, 0.4) is 0 Å². The van der Waals surface area contributed by atoms with Gasteiger partial charge in [-0.25, -0.2) is 0 Å². The second kappa shape index (κ2) is 6.33. The molecule has 0 radical (unpaired) electrons. The number of carbonyl (C=O) groups is 2. The van der Waals surface area contributed by atoms with E-state index in [4.69, 9.17) is 10.8 Å². The minimum Gasteiger partial charge on any atom is -0.480 e. The van der Waals surface area contributed by atoms with Crippen LogP contribution in [-0.4, -0.2) is 22.9 Å². The van der Waals surface area contributed by atoms with Crippen molar-refractivity contribution in [3.63, 3.8) is 0 Å². The standard InChI is InChI=1S/C17H17NO3/c1-11(19)14-3-2-4-15(10-14)13-7-5-12(6-8-13)9-16(18)17(20)21/h2-8,10,16H,9,18H2,1H3,(H,20,21)/t16-/m1/s1. The quantitative estimate of drug-likeness (QED) is 0.826. The molecule has 0 aliphatic heterocycles. The van der Waals surface area contributed by atoms with Gasteiger partial charge in [-0.15, -0.1) is 0 Å². The van der Waals surface area contributed by atoms with Gasteiger partial charge < -0.3 is 10.8 Å². The van der Waals surface area contributed by atoms with Crippen molar-refractivity contribution in [3.05, 3.63) is 59.7 Å². The molecule has 21 heavy (non-hydrogen) atoms. The zero-order chi connectivity index (χ0) is 15.4. The van der Waals surface area contributed by atoms with E-state index in [9.17, 15) is 9.59 Å². The summed E-state index contributed by atoms with van der Waals surface area (Å²) in [5.74, 6) is -0.978. The number of Topliss-reactive ketones (excluding diaryl/α,β-unsaturated/α-hetero) is 1. The lowest BCUT2D eigenvalue weighted by atomic mass is 9.99. The molecular formula is C17H17NO3. The van der Waals surface area contributed by atoms with E-state index in [0.717, 1.165) is 16.7 Å². The van der Waals surface area contributed by atoms with Crippen molar-refractivity contribution in [1.29, 1.82) is 0 Å². The molecule has 0 saturated carbocycles. The molecule has 3 N–H and O–H groups in total. The largest absolute Gasteiger partial charge is 0.480 e. The Kier molecular flexibility index (Phi) is 4.50. The number of carboxylic acids is 1. The van der Waals surface area contributed by atoms with E-state index in [0.29, 0.717) is 12.0 Å². The van der Waals surface area contributed by atoms with E-state index >= 15 is 0 Å². The highest BCUT2D eigenvalue weighted by molar-refractivity contribution is 5.95. The Morgan fingerprint density at radius 2 is 1.76 bits per heavy atom. The number of hydrogen-bond donors (Lipinski definition) is 2. The average molecular weight is 283 g/mol. The highest BCUT2D eigenvalue weighted by Crippen LogP contribution is 2.21. The van der Waals surface area contributed by atoms with Crippen LogP contribution in [0.1, 0.15) is 22.8 Å². The third kappa shape index (κ3) is 3.77. The molecule has 0 saturated heterocycles. The van der Waals surface area contributed by atoms with Gasteiger partial charge in [0.1, 0.15) is 6.04 Å². The van der Waals surface area contributed by atoms with E-state index in [-0.39, 0.29) is 5.78 Å². The minimum atomic E-state index is -1.01. The van der Waals surface area contributed by atoms with Crippen molar-refractivity contribution in [2.75, 3.05) is 0 Å². The first-order valence-corrected chi connectivity index (χ1v) is 6.66. The van der Waals surface area contributed by atoms with E-state index in [2.05, 4.69) is 0 Å². The fourth-order valence-electron chi connectivity index (χ4n) is 2.09. The van der Waals surface area contributed by atoms with Crippen molar-refractivity contribution < 1.29 is 14.7 Å². The van der Waals surface area contributed by atoms with Gasteiger partial charge in [-0.1, -0.05) is 42.5 Å². The Morgan fingerprint density at radius 1 is 1.10 bits per heavy atom. The molecule has 1 atom stereocenters. The van der Waals surface area contributed by atoms with Crippen LogP contribution in [0.4, 0.5) is 0 Å². The topological polar surface area (TPSA) is 80.4 Å². The average Bonchev–Trinajstić information content (AvgIpc) is 2.48. The van der Waals surface area contributed by atoms with Gasteiger partial charge in [-0.2, -0.15) is 0 Å². The SMILES string of the molecule is CC(=O)c1cccc(-c2ccc(C[C@@H](N)C(=O)O)cc2)c1. The highest BCUT2D eigenvalue weighted by atomic mass is 16.4. The summed E-state index contributed by atoms with van der Waals surface area (Å²) in [4.78, 5) is 22.1. The van der Waals surface area contributed by atoms with Gasteiger partial charge in [0.15, 0.2) is 5.78 Å². The number of nitrogens with two attached hydrogens (primary N) is 1. The summed E-state index contributed by atoms with van der Waals surface area (Å²) in [5, 5.41) is 8.80.